The molecule has 0 aliphatic carbocycles. The molecule has 2 nitrogen and oxygen atoms in total. The maximum Gasteiger partial charge on any atom is 0.171 e. The van der Waals surface area contributed by atoms with Crippen molar-refractivity contribution < 1.29 is 9.30 Å². The Bertz CT molecular complexity index is 1190. The maximum atomic E-state index is 13.8. The summed E-state index contributed by atoms with van der Waals surface area (Å²) < 4.78 is 18.7. The van der Waals surface area contributed by atoms with Gasteiger partial charge < -0.3 is 9.30 Å². The van der Waals surface area contributed by atoms with Crippen molar-refractivity contribution in [2.24, 2.45) is 0 Å². The molecule has 0 radical (unpaired) electrons. The molecule has 4 heteroatoms. The minimum atomic E-state index is -2.78. The Labute approximate surface area is 229 Å². The van der Waals surface area contributed by atoms with Gasteiger partial charge in [-0.2, -0.15) is 0 Å². The Balaban J connectivity index is 0.000000190. The Morgan fingerprint density at radius 3 is 0.974 bits per heavy atom. The van der Waals surface area contributed by atoms with E-state index in [1.807, 2.05) is 105 Å². The first-order valence-corrected chi connectivity index (χ1v) is 15.6. The molecule has 0 amide bonds. The molecule has 0 aliphatic heterocycles. The van der Waals surface area contributed by atoms with Gasteiger partial charge in [-0.1, -0.05) is 160 Å². The first kappa shape index (κ1) is 29.3. The van der Waals surface area contributed by atoms with Crippen LogP contribution in [0.15, 0.2) is 152 Å². The third-order valence-corrected chi connectivity index (χ3v) is 9.92. The van der Waals surface area contributed by atoms with Gasteiger partial charge in [0.15, 0.2) is 7.14 Å². The van der Waals surface area contributed by atoms with Crippen LogP contribution in [0.2, 0.25) is 0 Å². The summed E-state index contributed by atoms with van der Waals surface area (Å²) in [5, 5.41) is 5.41. The van der Waals surface area contributed by atoms with Crippen LogP contribution in [0.1, 0.15) is 13.8 Å². The van der Waals surface area contributed by atoms with Gasteiger partial charge in [0.2, 0.25) is 0 Å². The highest BCUT2D eigenvalue weighted by molar-refractivity contribution is 7.85. The molecule has 0 saturated carbocycles. The summed E-state index contributed by atoms with van der Waals surface area (Å²) in [5.41, 5.74) is 0. The standard InChI is InChI=1S/C18H15OP.C12H11P.C4H10O/c19-20(16-10-4-1-5-11-16,17-12-6-2-7-13-17)18-14-8-3-9-15-18;1-3-7-11(8-4-1)13-12-9-5-2-6-10-12;1-3-5-4-2/h1-15H;1-10,13H;3-4H2,1-2H3. The molecular formula is C34H36O2P2. The summed E-state index contributed by atoms with van der Waals surface area (Å²) in [7, 11) is -2.00. The number of hydrogen-bond donors (Lipinski definition) is 0. The molecule has 0 saturated heterocycles. The van der Waals surface area contributed by atoms with E-state index in [-0.39, 0.29) is 0 Å². The van der Waals surface area contributed by atoms with Crippen LogP contribution in [-0.4, -0.2) is 13.2 Å². The lowest BCUT2D eigenvalue weighted by molar-refractivity contribution is 0.162. The van der Waals surface area contributed by atoms with Crippen molar-refractivity contribution in [2.75, 3.05) is 13.2 Å². The highest BCUT2D eigenvalue weighted by atomic mass is 31.2. The lowest BCUT2D eigenvalue weighted by Crippen LogP contribution is -2.24. The number of benzene rings is 5. The van der Waals surface area contributed by atoms with E-state index in [1.165, 1.54) is 10.6 Å². The van der Waals surface area contributed by atoms with Gasteiger partial charge in [0, 0.05) is 29.1 Å². The van der Waals surface area contributed by atoms with Gasteiger partial charge in [-0.05, 0) is 24.5 Å². The van der Waals surface area contributed by atoms with Gasteiger partial charge in [-0.25, -0.2) is 0 Å². The van der Waals surface area contributed by atoms with E-state index in [1.54, 1.807) is 0 Å². The third-order valence-electron chi connectivity index (χ3n) is 5.60. The minimum Gasteiger partial charge on any atom is -0.382 e. The molecule has 0 heterocycles. The lowest BCUT2D eigenvalue weighted by Gasteiger charge is -2.19. The average molecular weight is 539 g/mol. The summed E-state index contributed by atoms with van der Waals surface area (Å²) in [6.45, 7) is 5.67. The zero-order chi connectivity index (χ0) is 26.9. The van der Waals surface area contributed by atoms with Crippen LogP contribution in [0.25, 0.3) is 0 Å². The number of hydrogen-bond acceptors (Lipinski definition) is 2. The van der Waals surface area contributed by atoms with Crippen LogP contribution in [0, 0.1) is 0 Å². The molecule has 0 spiro atoms. The topological polar surface area (TPSA) is 26.3 Å². The van der Waals surface area contributed by atoms with Crippen molar-refractivity contribution in [1.29, 1.82) is 0 Å². The van der Waals surface area contributed by atoms with E-state index in [0.717, 1.165) is 37.7 Å². The molecular weight excluding hydrogens is 502 g/mol. The first-order chi connectivity index (χ1) is 18.7. The van der Waals surface area contributed by atoms with Crippen LogP contribution in [0.3, 0.4) is 0 Å². The van der Waals surface area contributed by atoms with Gasteiger partial charge in [0.25, 0.3) is 0 Å². The molecule has 5 aromatic rings. The van der Waals surface area contributed by atoms with Crippen LogP contribution >= 0.6 is 15.7 Å². The third kappa shape index (κ3) is 8.93. The Kier molecular flexibility index (Phi) is 12.7. The second-order valence-electron chi connectivity index (χ2n) is 8.25. The molecule has 0 bridgehead atoms. The predicted molar refractivity (Wildman–Crippen MR) is 168 cm³/mol. The van der Waals surface area contributed by atoms with E-state index < -0.39 is 7.14 Å². The van der Waals surface area contributed by atoms with Crippen molar-refractivity contribution in [3.8, 4) is 0 Å². The normalized spacial score (nSPS) is 10.4. The molecule has 0 fully saturated rings. The zero-order valence-electron chi connectivity index (χ0n) is 22.1. The van der Waals surface area contributed by atoms with Crippen molar-refractivity contribution >= 4 is 42.2 Å². The quantitative estimate of drug-likeness (QED) is 0.216. The summed E-state index contributed by atoms with van der Waals surface area (Å²) in [5.74, 6) is 0. The Morgan fingerprint density at radius 2 is 0.737 bits per heavy atom. The van der Waals surface area contributed by atoms with Gasteiger partial charge in [0.1, 0.15) is 0 Å². The fourth-order valence-electron chi connectivity index (χ4n) is 3.77. The molecule has 194 valence electrons. The first-order valence-electron chi connectivity index (χ1n) is 12.9. The summed E-state index contributed by atoms with van der Waals surface area (Å²) in [4.78, 5) is 0. The van der Waals surface area contributed by atoms with E-state index in [9.17, 15) is 4.57 Å². The van der Waals surface area contributed by atoms with E-state index >= 15 is 0 Å². The van der Waals surface area contributed by atoms with E-state index in [2.05, 4.69) is 60.7 Å². The van der Waals surface area contributed by atoms with Crippen molar-refractivity contribution in [3.05, 3.63) is 152 Å². The maximum absolute atomic E-state index is 13.8. The van der Waals surface area contributed by atoms with Gasteiger partial charge in [0.05, 0.1) is 0 Å². The van der Waals surface area contributed by atoms with Crippen LogP contribution in [0.4, 0.5) is 0 Å². The zero-order valence-corrected chi connectivity index (χ0v) is 24.0. The largest absolute Gasteiger partial charge is 0.382 e. The van der Waals surface area contributed by atoms with Crippen molar-refractivity contribution in [1.82, 2.24) is 0 Å². The molecule has 0 aliphatic rings. The highest BCUT2D eigenvalue weighted by Gasteiger charge is 2.28. The number of ether oxygens (including phenoxy) is 1. The van der Waals surface area contributed by atoms with Crippen LogP contribution in [-0.2, 0) is 9.30 Å². The van der Waals surface area contributed by atoms with Gasteiger partial charge >= 0.3 is 0 Å². The second kappa shape index (κ2) is 16.5. The molecule has 38 heavy (non-hydrogen) atoms. The van der Waals surface area contributed by atoms with Gasteiger partial charge in [-0.3, -0.25) is 0 Å². The van der Waals surface area contributed by atoms with Crippen molar-refractivity contribution in [2.45, 2.75) is 13.8 Å². The number of rotatable bonds is 7. The molecule has 5 aromatic carbocycles. The van der Waals surface area contributed by atoms with Crippen LogP contribution in [0.5, 0.6) is 0 Å². The summed E-state index contributed by atoms with van der Waals surface area (Å²) in [6, 6.07) is 50.3. The summed E-state index contributed by atoms with van der Waals surface area (Å²) >= 11 is 0. The van der Waals surface area contributed by atoms with Crippen LogP contribution < -0.4 is 26.5 Å². The molecule has 0 aromatic heterocycles. The minimum absolute atomic E-state index is 0.777. The highest BCUT2D eigenvalue weighted by Crippen LogP contribution is 2.41. The predicted octanol–water partition coefficient (Wildman–Crippen LogP) is 6.68. The monoisotopic (exact) mass is 538 g/mol. The average Bonchev–Trinajstić information content (AvgIpc) is 3.00. The smallest absolute Gasteiger partial charge is 0.171 e. The Morgan fingerprint density at radius 1 is 0.474 bits per heavy atom. The fourth-order valence-corrected chi connectivity index (χ4v) is 7.50. The molecule has 0 N–H and O–H groups in total. The molecule has 0 unspecified atom stereocenters. The summed E-state index contributed by atoms with van der Waals surface area (Å²) in [6.07, 6.45) is 0. The molecule has 5 rings (SSSR count). The van der Waals surface area contributed by atoms with E-state index in [0.29, 0.717) is 0 Å². The molecule has 0 atom stereocenters. The SMILES string of the molecule is CCOCC.O=P(c1ccccc1)(c1ccccc1)c1ccccc1.c1ccc(Pc2ccccc2)cc1. The van der Waals surface area contributed by atoms with Crippen molar-refractivity contribution in [3.63, 3.8) is 0 Å². The fraction of sp³-hybridized carbons (Fsp3) is 0.118. The Hall–Kier alpha value is -3.28. The van der Waals surface area contributed by atoms with E-state index in [4.69, 9.17) is 4.74 Å². The van der Waals surface area contributed by atoms with Gasteiger partial charge in [-0.15, -0.1) is 0 Å². The lowest BCUT2D eigenvalue weighted by atomic mass is 10.4. The second-order valence-corrected chi connectivity index (χ2v) is 12.4.